The molecule has 0 saturated carbocycles. The Bertz CT molecular complexity index is 2750. The van der Waals surface area contributed by atoms with Crippen molar-refractivity contribution < 1.29 is 60.7 Å². The van der Waals surface area contributed by atoms with Gasteiger partial charge < -0.3 is 39.6 Å². The van der Waals surface area contributed by atoms with Gasteiger partial charge in [-0.05, 0) is 56.6 Å². The normalized spacial score (nSPS) is 16.9. The van der Waals surface area contributed by atoms with E-state index in [4.69, 9.17) is 19.2 Å². The van der Waals surface area contributed by atoms with Gasteiger partial charge in [-0.2, -0.15) is 18.2 Å². The molecule has 5 aromatic rings. The van der Waals surface area contributed by atoms with Crippen LogP contribution in [0.1, 0.15) is 74.1 Å². The summed E-state index contributed by atoms with van der Waals surface area (Å²) in [6.07, 6.45) is -3.22. The van der Waals surface area contributed by atoms with Crippen molar-refractivity contribution in [3.63, 3.8) is 0 Å². The van der Waals surface area contributed by atoms with E-state index < -0.39 is 53.1 Å². The predicted octanol–water partition coefficient (Wildman–Crippen LogP) is 4.71. The molecule has 4 N–H and O–H groups in total. The molecule has 1 unspecified atom stereocenters. The maximum Gasteiger partial charge on any atom is 0.471 e. The molecule has 380 valence electrons. The van der Waals surface area contributed by atoms with Crippen molar-refractivity contribution in [3.05, 3.63) is 106 Å². The number of piperidine rings is 2. The number of hydrogen-bond acceptors (Lipinski definition) is 16. The van der Waals surface area contributed by atoms with Crippen molar-refractivity contribution in [1.29, 1.82) is 0 Å². The van der Waals surface area contributed by atoms with Gasteiger partial charge in [-0.15, -0.1) is 11.3 Å². The lowest BCUT2D eigenvalue weighted by Crippen LogP contribution is -2.54. The van der Waals surface area contributed by atoms with Crippen LogP contribution in [0, 0.1) is 0 Å². The number of likely N-dealkylation sites (tertiary alicyclic amines) is 1. The number of benzene rings is 3. The van der Waals surface area contributed by atoms with E-state index in [2.05, 4.69) is 40.8 Å². The Balaban J connectivity index is 0.700. The fourth-order valence-corrected chi connectivity index (χ4v) is 9.69. The molecule has 5 heterocycles. The molecule has 0 spiro atoms. The molecule has 72 heavy (non-hydrogen) atoms. The smallest absolute Gasteiger partial charge is 0.384 e. The molecule has 3 aliphatic rings. The third-order valence-electron chi connectivity index (χ3n) is 12.5. The third-order valence-corrected chi connectivity index (χ3v) is 13.6. The Hall–Kier alpha value is -6.92. The number of imide groups is 2. The van der Waals surface area contributed by atoms with Crippen LogP contribution in [0.2, 0.25) is 0 Å². The van der Waals surface area contributed by atoms with Crippen molar-refractivity contribution in [2.45, 2.75) is 49.7 Å². The van der Waals surface area contributed by atoms with Gasteiger partial charge in [0.25, 0.3) is 17.7 Å². The summed E-state index contributed by atoms with van der Waals surface area (Å²) in [5, 5.41) is 17.4. The summed E-state index contributed by atoms with van der Waals surface area (Å²) in [7, 11) is 0. The van der Waals surface area contributed by atoms with Crippen LogP contribution in [0.25, 0.3) is 22.6 Å². The van der Waals surface area contributed by atoms with E-state index in [1.54, 1.807) is 35.6 Å². The summed E-state index contributed by atoms with van der Waals surface area (Å²) in [6, 6.07) is 19.6. The molecule has 2 fully saturated rings. The van der Waals surface area contributed by atoms with Crippen LogP contribution in [0.4, 0.5) is 18.9 Å². The van der Waals surface area contributed by atoms with Gasteiger partial charge in [-0.25, -0.2) is 4.98 Å². The lowest BCUT2D eigenvalue weighted by Gasteiger charge is -2.40. The average molecular weight is 1020 g/mol. The second-order valence-corrected chi connectivity index (χ2v) is 18.1. The van der Waals surface area contributed by atoms with Crippen LogP contribution < -0.4 is 21.3 Å². The van der Waals surface area contributed by atoms with Crippen LogP contribution in [0.15, 0.2) is 82.7 Å². The van der Waals surface area contributed by atoms with Gasteiger partial charge in [0.15, 0.2) is 0 Å². The minimum Gasteiger partial charge on any atom is -0.384 e. The zero-order chi connectivity index (χ0) is 50.7. The van der Waals surface area contributed by atoms with Crippen LogP contribution in [-0.4, -0.2) is 145 Å². The van der Waals surface area contributed by atoms with Crippen molar-refractivity contribution in [2.24, 2.45) is 0 Å². The highest BCUT2D eigenvalue weighted by Gasteiger charge is 2.46. The predicted molar refractivity (Wildman–Crippen MR) is 254 cm³/mol. The van der Waals surface area contributed by atoms with Crippen LogP contribution in [-0.2, 0) is 40.2 Å². The summed E-state index contributed by atoms with van der Waals surface area (Å²) < 4.78 is 60.7. The number of anilines is 1. The first-order chi connectivity index (χ1) is 34.8. The Labute approximate surface area is 415 Å². The molecule has 0 bridgehead atoms. The standard InChI is InChI=1S/C49H52F3N9O10S/c50-49(51,52)46-58-41(59-71-46)32-8-4-9-33(28-32)42(64)55-30-48(47-56-36(29-72-47)31-6-2-1-3-7-31)15-19-60(20-16-48)21-23-69-25-27-70-26-24-68-22-18-54-38(62)14-17-53-35-11-5-10-34-40(35)45(67)61(44(34)66)37-12-13-39(63)57-43(37)65/h1-11,28-29,37,53H,12-27,30H2,(H,54,62)(H,55,64)(H,57,63,65). The Morgan fingerprint density at radius 3 is 2.29 bits per heavy atom. The minimum atomic E-state index is -4.79. The second-order valence-electron chi connectivity index (χ2n) is 17.2. The van der Waals surface area contributed by atoms with E-state index in [1.165, 1.54) is 18.2 Å². The molecule has 8 rings (SSSR count). The monoisotopic (exact) mass is 1020 g/mol. The number of aromatic nitrogens is 3. The molecule has 0 radical (unpaired) electrons. The van der Waals surface area contributed by atoms with Gasteiger partial charge in [-0.1, -0.05) is 53.7 Å². The van der Waals surface area contributed by atoms with Gasteiger partial charge >= 0.3 is 12.1 Å². The zero-order valence-corrected chi connectivity index (χ0v) is 39.8. The number of carbonyl (C=O) groups is 6. The number of halogens is 3. The molecule has 2 aromatic heterocycles. The highest BCUT2D eigenvalue weighted by atomic mass is 32.1. The molecule has 0 aliphatic carbocycles. The lowest BCUT2D eigenvalue weighted by molar-refractivity contribution is -0.159. The third kappa shape index (κ3) is 12.6. The largest absolute Gasteiger partial charge is 0.471 e. The van der Waals surface area contributed by atoms with E-state index in [9.17, 15) is 41.9 Å². The van der Waals surface area contributed by atoms with E-state index >= 15 is 0 Å². The highest BCUT2D eigenvalue weighted by Crippen LogP contribution is 2.39. The van der Waals surface area contributed by atoms with Gasteiger partial charge in [-0.3, -0.25) is 39.0 Å². The van der Waals surface area contributed by atoms with E-state index in [1.807, 2.05) is 35.7 Å². The Morgan fingerprint density at radius 2 is 1.56 bits per heavy atom. The van der Waals surface area contributed by atoms with Crippen molar-refractivity contribution in [3.8, 4) is 22.6 Å². The van der Waals surface area contributed by atoms with E-state index in [0.29, 0.717) is 64.7 Å². The maximum absolute atomic E-state index is 13.5. The van der Waals surface area contributed by atoms with Crippen molar-refractivity contribution >= 4 is 52.5 Å². The van der Waals surface area contributed by atoms with E-state index in [0.717, 1.165) is 34.3 Å². The summed E-state index contributed by atoms with van der Waals surface area (Å²) in [4.78, 5) is 88.0. The molecule has 3 aliphatic heterocycles. The highest BCUT2D eigenvalue weighted by molar-refractivity contribution is 7.10. The number of ether oxygens (including phenoxy) is 3. The van der Waals surface area contributed by atoms with Gasteiger partial charge in [0.05, 0.1) is 56.5 Å². The summed E-state index contributed by atoms with van der Waals surface area (Å²) in [5.74, 6) is -4.77. The Kier molecular flexibility index (Phi) is 16.8. The lowest BCUT2D eigenvalue weighted by atomic mass is 9.78. The Morgan fingerprint density at radius 1 is 0.833 bits per heavy atom. The number of rotatable bonds is 23. The van der Waals surface area contributed by atoms with Gasteiger partial charge in [0.1, 0.15) is 11.0 Å². The summed E-state index contributed by atoms with van der Waals surface area (Å²) in [5.41, 5.74) is 2.45. The summed E-state index contributed by atoms with van der Waals surface area (Å²) in [6.45, 7) is 5.08. The number of fused-ring (bicyclic) bond motifs is 1. The number of amides is 6. The first-order valence-corrected chi connectivity index (χ1v) is 24.3. The van der Waals surface area contributed by atoms with Crippen LogP contribution >= 0.6 is 11.3 Å². The number of carbonyl (C=O) groups excluding carboxylic acids is 6. The second kappa shape index (κ2) is 23.5. The topological polar surface area (TPSA) is 237 Å². The summed E-state index contributed by atoms with van der Waals surface area (Å²) >= 11 is 1.55. The molecular formula is C49H52F3N9O10S. The van der Waals surface area contributed by atoms with Crippen molar-refractivity contribution in [1.82, 2.24) is 40.9 Å². The molecule has 23 heteroatoms. The fraction of sp³-hybridized carbons (Fsp3) is 0.408. The first kappa shape index (κ1) is 51.4. The first-order valence-electron chi connectivity index (χ1n) is 23.4. The molecular weight excluding hydrogens is 964 g/mol. The average Bonchev–Trinajstić information content (AvgIpc) is 4.15. The fourth-order valence-electron chi connectivity index (χ4n) is 8.60. The zero-order valence-electron chi connectivity index (χ0n) is 39.0. The molecule has 19 nitrogen and oxygen atoms in total. The van der Waals surface area contributed by atoms with Crippen molar-refractivity contribution in [2.75, 3.05) is 84.2 Å². The number of alkyl halides is 3. The molecule has 1 atom stereocenters. The SMILES string of the molecule is O=C(CCNc1cccc2c1C(=O)N(C1CCC(=O)NC1=O)C2=O)NCCOCCOCCOCCN1CCC(CNC(=O)c2cccc(-c3noc(C(F)(F)F)n3)c2)(c2nc(-c3ccccc3)cs2)CC1. The number of thiazole rings is 1. The number of hydrogen-bond donors (Lipinski definition) is 4. The number of nitrogens with one attached hydrogen (secondary N) is 4. The molecule has 3 aromatic carbocycles. The number of nitrogens with zero attached hydrogens (tertiary/aromatic N) is 5. The van der Waals surface area contributed by atoms with Crippen LogP contribution in [0.3, 0.4) is 0 Å². The van der Waals surface area contributed by atoms with Crippen LogP contribution in [0.5, 0.6) is 0 Å². The maximum atomic E-state index is 13.5. The minimum absolute atomic E-state index is 0.0208. The van der Waals surface area contributed by atoms with Gasteiger partial charge in [0, 0.05) is 72.2 Å². The quantitative estimate of drug-likeness (QED) is 0.0512. The molecule has 2 saturated heterocycles. The van der Waals surface area contributed by atoms with Gasteiger partial charge in [0.2, 0.25) is 23.5 Å². The molecule has 6 amide bonds. The van der Waals surface area contributed by atoms with E-state index in [-0.39, 0.29) is 72.9 Å².